The number of benzene rings is 1. The molecule has 0 heterocycles. The average Bonchev–Trinajstić information content (AvgIpc) is 2.15. The lowest BCUT2D eigenvalue weighted by atomic mass is 10.2. The van der Waals surface area contributed by atoms with Gasteiger partial charge in [-0.1, -0.05) is 34.7 Å². The monoisotopic (exact) mass is 353 g/mol. The number of carbonyl (C=O) groups is 1. The number of rotatable bonds is 3. The zero-order valence-electron chi connectivity index (χ0n) is 6.89. The van der Waals surface area contributed by atoms with Crippen molar-refractivity contribution in [2.24, 2.45) is 0 Å². The molecule has 0 fully saturated rings. The van der Waals surface area contributed by atoms with Crippen LogP contribution in [-0.2, 0) is 0 Å². The molecule has 1 amide bonds. The first kappa shape index (κ1) is 11.0. The number of amides is 1. The van der Waals surface area contributed by atoms with E-state index in [-0.39, 0.29) is 5.91 Å². The zero-order chi connectivity index (χ0) is 9.68. The summed E-state index contributed by atoms with van der Waals surface area (Å²) in [5.41, 5.74) is 0.687. The molecule has 1 rings (SSSR count). The molecule has 4 heteroatoms. The van der Waals surface area contributed by atoms with Crippen LogP contribution >= 0.6 is 38.5 Å². The Morgan fingerprint density at radius 3 is 2.77 bits per heavy atom. The van der Waals surface area contributed by atoms with E-state index < -0.39 is 0 Å². The molecule has 0 aliphatic heterocycles. The summed E-state index contributed by atoms with van der Waals surface area (Å²) in [5, 5.41) is 2.81. The van der Waals surface area contributed by atoms with Crippen LogP contribution in [0.15, 0.2) is 28.7 Å². The van der Waals surface area contributed by atoms with E-state index in [1.165, 1.54) is 0 Å². The van der Waals surface area contributed by atoms with E-state index in [4.69, 9.17) is 0 Å². The van der Waals surface area contributed by atoms with Gasteiger partial charge in [0.1, 0.15) is 0 Å². The molecule has 0 saturated heterocycles. The topological polar surface area (TPSA) is 29.1 Å². The van der Waals surface area contributed by atoms with Gasteiger partial charge in [0.15, 0.2) is 0 Å². The third kappa shape index (κ3) is 3.27. The van der Waals surface area contributed by atoms with Crippen molar-refractivity contribution in [3.8, 4) is 0 Å². The number of hydrogen-bond donors (Lipinski definition) is 1. The maximum Gasteiger partial charge on any atom is 0.252 e. The van der Waals surface area contributed by atoms with Crippen molar-refractivity contribution in [2.45, 2.75) is 0 Å². The summed E-state index contributed by atoms with van der Waals surface area (Å²) >= 11 is 5.55. The van der Waals surface area contributed by atoms with E-state index in [2.05, 4.69) is 43.8 Å². The molecule has 0 bridgehead atoms. The maximum absolute atomic E-state index is 11.5. The highest BCUT2D eigenvalue weighted by atomic mass is 127. The van der Waals surface area contributed by atoms with Crippen LogP contribution in [0.1, 0.15) is 10.4 Å². The van der Waals surface area contributed by atoms with E-state index >= 15 is 0 Å². The van der Waals surface area contributed by atoms with Crippen LogP contribution in [0.3, 0.4) is 0 Å². The van der Waals surface area contributed by atoms with Crippen LogP contribution in [0, 0.1) is 0 Å². The molecule has 0 saturated carbocycles. The van der Waals surface area contributed by atoms with E-state index in [0.717, 1.165) is 8.90 Å². The molecule has 1 aromatic rings. The van der Waals surface area contributed by atoms with Gasteiger partial charge in [-0.15, -0.1) is 0 Å². The summed E-state index contributed by atoms with van der Waals surface area (Å²) in [4.78, 5) is 11.5. The van der Waals surface area contributed by atoms with Crippen molar-refractivity contribution >= 4 is 44.4 Å². The van der Waals surface area contributed by atoms with E-state index in [1.807, 2.05) is 18.2 Å². The molecule has 0 unspecified atom stereocenters. The third-order valence-corrected chi connectivity index (χ3v) is 2.73. The van der Waals surface area contributed by atoms with Crippen molar-refractivity contribution in [3.05, 3.63) is 34.3 Å². The molecule has 0 aliphatic carbocycles. The largest absolute Gasteiger partial charge is 0.351 e. The lowest BCUT2D eigenvalue weighted by molar-refractivity contribution is 0.0955. The minimum atomic E-state index is -0.0239. The lowest BCUT2D eigenvalue weighted by Gasteiger charge is -2.04. The first-order valence-electron chi connectivity index (χ1n) is 3.84. The van der Waals surface area contributed by atoms with Gasteiger partial charge in [-0.25, -0.2) is 0 Å². The molecule has 2 nitrogen and oxygen atoms in total. The van der Waals surface area contributed by atoms with Crippen molar-refractivity contribution in [1.82, 2.24) is 5.32 Å². The number of halogens is 2. The van der Waals surface area contributed by atoms with E-state index in [9.17, 15) is 4.79 Å². The summed E-state index contributed by atoms with van der Waals surface area (Å²) in [5.74, 6) is -0.0239. The molecule has 0 atom stereocenters. The van der Waals surface area contributed by atoms with Crippen molar-refractivity contribution in [1.29, 1.82) is 0 Å². The van der Waals surface area contributed by atoms with E-state index in [0.29, 0.717) is 12.1 Å². The van der Waals surface area contributed by atoms with Gasteiger partial charge in [0.25, 0.3) is 5.91 Å². The maximum atomic E-state index is 11.5. The van der Waals surface area contributed by atoms with Gasteiger partial charge in [-0.2, -0.15) is 0 Å². The molecule has 0 aliphatic rings. The zero-order valence-corrected chi connectivity index (χ0v) is 10.6. The highest BCUT2D eigenvalue weighted by Crippen LogP contribution is 2.15. The Morgan fingerprint density at radius 2 is 2.15 bits per heavy atom. The highest BCUT2D eigenvalue weighted by Gasteiger charge is 2.06. The first-order chi connectivity index (χ1) is 6.25. The first-order valence-corrected chi connectivity index (χ1v) is 6.16. The van der Waals surface area contributed by atoms with Gasteiger partial charge in [-0.3, -0.25) is 4.79 Å². The summed E-state index contributed by atoms with van der Waals surface area (Å²) in [6, 6.07) is 7.40. The van der Waals surface area contributed by atoms with Crippen molar-refractivity contribution in [2.75, 3.05) is 11.0 Å². The fraction of sp³-hybridized carbons (Fsp3) is 0.222. The highest BCUT2D eigenvalue weighted by molar-refractivity contribution is 14.1. The Bertz CT molecular complexity index is 303. The van der Waals surface area contributed by atoms with Crippen LogP contribution in [0.2, 0.25) is 0 Å². The summed E-state index contributed by atoms with van der Waals surface area (Å²) < 4.78 is 1.76. The number of nitrogens with one attached hydrogen (secondary N) is 1. The Hall–Kier alpha value is -0.100. The number of alkyl halides is 1. The summed E-state index contributed by atoms with van der Waals surface area (Å²) in [6.45, 7) is 0.709. The predicted molar refractivity (Wildman–Crippen MR) is 65.4 cm³/mol. The van der Waals surface area contributed by atoms with Crippen LogP contribution in [0.25, 0.3) is 0 Å². The van der Waals surface area contributed by atoms with Gasteiger partial charge in [-0.05, 0) is 28.1 Å². The van der Waals surface area contributed by atoms with E-state index in [1.54, 1.807) is 6.07 Å². The molecule has 0 spiro atoms. The second kappa shape index (κ2) is 5.59. The molecule has 0 radical (unpaired) electrons. The van der Waals surface area contributed by atoms with Crippen molar-refractivity contribution < 1.29 is 4.79 Å². The van der Waals surface area contributed by atoms with Crippen LogP contribution in [-0.4, -0.2) is 16.9 Å². The second-order valence-corrected chi connectivity index (χ2v) is 4.36. The van der Waals surface area contributed by atoms with Crippen LogP contribution in [0.4, 0.5) is 0 Å². The second-order valence-electron chi connectivity index (χ2n) is 2.42. The predicted octanol–water partition coefficient (Wildman–Crippen LogP) is 2.61. The SMILES string of the molecule is O=C(NCCI)c1ccccc1Br. The minimum absolute atomic E-state index is 0.0239. The molecule has 70 valence electrons. The quantitative estimate of drug-likeness (QED) is 0.656. The fourth-order valence-electron chi connectivity index (χ4n) is 0.901. The lowest BCUT2D eigenvalue weighted by Crippen LogP contribution is -2.25. The fourth-order valence-corrected chi connectivity index (χ4v) is 1.64. The molecular weight excluding hydrogens is 345 g/mol. The van der Waals surface area contributed by atoms with Gasteiger partial charge < -0.3 is 5.32 Å². The number of carbonyl (C=O) groups excluding carboxylic acids is 1. The third-order valence-electron chi connectivity index (χ3n) is 1.50. The molecule has 1 aromatic carbocycles. The molecule has 1 N–H and O–H groups in total. The average molecular weight is 354 g/mol. The Morgan fingerprint density at radius 1 is 1.46 bits per heavy atom. The number of hydrogen-bond acceptors (Lipinski definition) is 1. The molecular formula is C9H9BrINO. The van der Waals surface area contributed by atoms with Gasteiger partial charge in [0, 0.05) is 15.4 Å². The Kier molecular flexibility index (Phi) is 4.72. The van der Waals surface area contributed by atoms with Crippen LogP contribution in [0.5, 0.6) is 0 Å². The van der Waals surface area contributed by atoms with Gasteiger partial charge in [0.05, 0.1) is 5.56 Å². The summed E-state index contributed by atoms with van der Waals surface area (Å²) in [6.07, 6.45) is 0. The Balaban J connectivity index is 2.71. The Labute approximate surface area is 99.4 Å². The summed E-state index contributed by atoms with van der Waals surface area (Å²) in [7, 11) is 0. The normalized spacial score (nSPS) is 9.69. The van der Waals surface area contributed by atoms with Gasteiger partial charge in [0.2, 0.25) is 0 Å². The van der Waals surface area contributed by atoms with Crippen LogP contribution < -0.4 is 5.32 Å². The minimum Gasteiger partial charge on any atom is -0.351 e. The van der Waals surface area contributed by atoms with Crippen molar-refractivity contribution in [3.63, 3.8) is 0 Å². The van der Waals surface area contributed by atoms with Gasteiger partial charge >= 0.3 is 0 Å². The molecule has 13 heavy (non-hydrogen) atoms. The smallest absolute Gasteiger partial charge is 0.252 e. The molecule has 0 aromatic heterocycles. The standard InChI is InChI=1S/C9H9BrINO/c10-8-4-2-1-3-7(8)9(13)12-6-5-11/h1-4H,5-6H2,(H,12,13).